The highest BCUT2D eigenvalue weighted by Crippen LogP contribution is 2.36. The third kappa shape index (κ3) is 4.90. The van der Waals surface area contributed by atoms with Crippen LogP contribution in [0.2, 0.25) is 0 Å². The van der Waals surface area contributed by atoms with E-state index < -0.39 is 17.8 Å². The largest absolute Gasteiger partial charge is 0.493 e. The summed E-state index contributed by atoms with van der Waals surface area (Å²) in [7, 11) is 1.52. The normalized spacial score (nSPS) is 14.7. The number of urea groups is 1. The molecule has 5 rings (SSSR count). The number of ether oxygens (including phenoxy) is 2. The number of fused-ring (bicyclic) bond motifs is 1. The third-order valence-electron chi connectivity index (χ3n) is 6.24. The van der Waals surface area contributed by atoms with Crippen LogP contribution in [-0.4, -0.2) is 25.0 Å². The Morgan fingerprint density at radius 2 is 1.66 bits per heavy atom. The van der Waals surface area contributed by atoms with E-state index in [2.05, 4.69) is 33.4 Å². The van der Waals surface area contributed by atoms with Gasteiger partial charge in [-0.3, -0.25) is 14.9 Å². The molecule has 0 aromatic heterocycles. The van der Waals surface area contributed by atoms with Crippen LogP contribution in [0.4, 0.5) is 10.5 Å². The summed E-state index contributed by atoms with van der Waals surface area (Å²) in [6.07, 6.45) is 1.42. The van der Waals surface area contributed by atoms with Crippen LogP contribution in [0.1, 0.15) is 16.7 Å². The smallest absolute Gasteiger partial charge is 0.335 e. The van der Waals surface area contributed by atoms with E-state index in [1.807, 2.05) is 37.3 Å². The van der Waals surface area contributed by atoms with E-state index in [0.29, 0.717) is 33.8 Å². The second-order valence-corrected chi connectivity index (χ2v) is 9.60. The maximum Gasteiger partial charge on any atom is 0.335 e. The molecule has 1 saturated heterocycles. The fraction of sp³-hybridized carbons (Fsp3) is 0.100. The molecule has 4 aromatic carbocycles. The van der Waals surface area contributed by atoms with E-state index in [9.17, 15) is 14.4 Å². The minimum absolute atomic E-state index is 0.183. The Morgan fingerprint density at radius 3 is 2.42 bits per heavy atom. The summed E-state index contributed by atoms with van der Waals surface area (Å²) in [6, 6.07) is 23.6. The maximum atomic E-state index is 13.2. The number of benzene rings is 4. The number of anilines is 1. The number of carbonyl (C=O) groups is 3. The molecule has 0 unspecified atom stereocenters. The highest BCUT2D eigenvalue weighted by atomic mass is 79.9. The maximum absolute atomic E-state index is 13.2. The lowest BCUT2D eigenvalue weighted by atomic mass is 10.1. The first-order chi connectivity index (χ1) is 18.4. The average Bonchev–Trinajstić information content (AvgIpc) is 2.91. The van der Waals surface area contributed by atoms with E-state index in [0.717, 1.165) is 26.8 Å². The Labute approximate surface area is 227 Å². The first kappa shape index (κ1) is 25.2. The summed E-state index contributed by atoms with van der Waals surface area (Å²) < 4.78 is 12.2. The second-order valence-electron chi connectivity index (χ2n) is 8.74. The Morgan fingerprint density at radius 1 is 0.921 bits per heavy atom. The minimum atomic E-state index is -0.796. The molecule has 1 aliphatic heterocycles. The fourth-order valence-corrected chi connectivity index (χ4v) is 4.69. The molecule has 0 radical (unpaired) electrons. The van der Waals surface area contributed by atoms with Crippen LogP contribution in [0, 0.1) is 6.92 Å². The van der Waals surface area contributed by atoms with Crippen molar-refractivity contribution in [3.63, 3.8) is 0 Å². The summed E-state index contributed by atoms with van der Waals surface area (Å²) in [5.41, 5.74) is 2.70. The first-order valence-corrected chi connectivity index (χ1v) is 12.6. The summed E-state index contributed by atoms with van der Waals surface area (Å²) >= 11 is 3.52. The molecule has 0 saturated carbocycles. The highest BCUT2D eigenvalue weighted by Gasteiger charge is 2.37. The molecule has 0 spiro atoms. The SMILES string of the molecule is COc1cc(/C=C2\C(=O)NC(=O)N(c3ccc(C)cc3)C2=O)c(Br)cc1OCc1cccc2ccccc12. The Bertz CT molecular complexity index is 1610. The number of barbiturate groups is 1. The Kier molecular flexibility index (Phi) is 6.98. The molecule has 190 valence electrons. The zero-order valence-corrected chi connectivity index (χ0v) is 22.2. The van der Waals surface area contributed by atoms with E-state index in [1.165, 1.54) is 13.2 Å². The number of nitrogens with one attached hydrogen (secondary N) is 1. The number of amides is 4. The number of carbonyl (C=O) groups excluding carboxylic acids is 3. The van der Waals surface area contributed by atoms with Gasteiger partial charge in [0.25, 0.3) is 11.8 Å². The highest BCUT2D eigenvalue weighted by molar-refractivity contribution is 9.10. The third-order valence-corrected chi connectivity index (χ3v) is 6.93. The molecule has 0 atom stereocenters. The first-order valence-electron chi connectivity index (χ1n) is 11.8. The standard InChI is InChI=1S/C30H23BrN2O5/c1-18-10-12-22(13-11-18)33-29(35)24(28(34)32-30(33)36)14-21-15-26(37-2)27(16-25(21)31)38-17-20-8-5-7-19-6-3-4-9-23(19)20/h3-16H,17H2,1-2H3,(H,32,34,36)/b24-14+. The number of hydrogen-bond acceptors (Lipinski definition) is 5. The second kappa shape index (κ2) is 10.5. The zero-order chi connectivity index (χ0) is 26.8. The lowest BCUT2D eigenvalue weighted by molar-refractivity contribution is -0.122. The van der Waals surface area contributed by atoms with Gasteiger partial charge in [-0.2, -0.15) is 0 Å². The fourth-order valence-electron chi connectivity index (χ4n) is 4.25. The number of hydrogen-bond donors (Lipinski definition) is 1. The van der Waals surface area contributed by atoms with E-state index in [-0.39, 0.29) is 5.57 Å². The summed E-state index contributed by atoms with van der Waals surface area (Å²) in [5.74, 6) is -0.573. The summed E-state index contributed by atoms with van der Waals surface area (Å²) in [4.78, 5) is 39.3. The van der Waals surface area contributed by atoms with Gasteiger partial charge in [-0.1, -0.05) is 76.1 Å². The summed E-state index contributed by atoms with van der Waals surface area (Å²) in [6.45, 7) is 2.22. The molecular formula is C30H23BrN2O5. The van der Waals surface area contributed by atoms with Gasteiger partial charge in [0.1, 0.15) is 12.2 Å². The molecule has 0 bridgehead atoms. The number of aryl methyl sites for hydroxylation is 1. The number of imide groups is 2. The molecule has 1 N–H and O–H groups in total. The van der Waals surface area contributed by atoms with E-state index >= 15 is 0 Å². The molecule has 1 heterocycles. The van der Waals surface area contributed by atoms with Crippen molar-refractivity contribution in [2.45, 2.75) is 13.5 Å². The zero-order valence-electron chi connectivity index (χ0n) is 20.7. The number of rotatable bonds is 6. The van der Waals surface area contributed by atoms with Crippen LogP contribution in [0.15, 0.2) is 88.9 Å². The van der Waals surface area contributed by atoms with Gasteiger partial charge in [-0.05, 0) is 59.2 Å². The van der Waals surface area contributed by atoms with Crippen molar-refractivity contribution in [1.82, 2.24) is 5.32 Å². The Hall–Kier alpha value is -4.43. The van der Waals surface area contributed by atoms with Crippen LogP contribution < -0.4 is 19.7 Å². The quantitative estimate of drug-likeness (QED) is 0.221. The van der Waals surface area contributed by atoms with Gasteiger partial charge in [0.05, 0.1) is 12.8 Å². The molecule has 4 amide bonds. The van der Waals surface area contributed by atoms with Gasteiger partial charge in [-0.15, -0.1) is 0 Å². The van der Waals surface area contributed by atoms with Crippen LogP contribution >= 0.6 is 15.9 Å². The molecule has 1 aliphatic rings. The van der Waals surface area contributed by atoms with Crippen molar-refractivity contribution in [2.24, 2.45) is 0 Å². The molecule has 8 heteroatoms. The van der Waals surface area contributed by atoms with Gasteiger partial charge in [0.15, 0.2) is 11.5 Å². The monoisotopic (exact) mass is 570 g/mol. The van der Waals surface area contributed by atoms with Gasteiger partial charge in [0, 0.05) is 4.47 Å². The van der Waals surface area contributed by atoms with Gasteiger partial charge < -0.3 is 9.47 Å². The molecular weight excluding hydrogens is 548 g/mol. The van der Waals surface area contributed by atoms with Crippen molar-refractivity contribution < 1.29 is 23.9 Å². The predicted molar refractivity (Wildman–Crippen MR) is 149 cm³/mol. The minimum Gasteiger partial charge on any atom is -0.493 e. The van der Waals surface area contributed by atoms with Gasteiger partial charge in [-0.25, -0.2) is 9.69 Å². The van der Waals surface area contributed by atoms with Crippen LogP contribution in [0.5, 0.6) is 11.5 Å². The van der Waals surface area contributed by atoms with Crippen molar-refractivity contribution in [3.8, 4) is 11.5 Å². The molecule has 1 fully saturated rings. The lowest BCUT2D eigenvalue weighted by Gasteiger charge is -2.26. The topological polar surface area (TPSA) is 84.9 Å². The van der Waals surface area contributed by atoms with Crippen molar-refractivity contribution >= 4 is 56.3 Å². The number of methoxy groups -OCH3 is 1. The predicted octanol–water partition coefficient (Wildman–Crippen LogP) is 6.16. The van der Waals surface area contributed by atoms with Crippen molar-refractivity contribution in [2.75, 3.05) is 12.0 Å². The van der Waals surface area contributed by atoms with E-state index in [4.69, 9.17) is 9.47 Å². The molecule has 38 heavy (non-hydrogen) atoms. The average molecular weight is 571 g/mol. The molecule has 7 nitrogen and oxygen atoms in total. The van der Waals surface area contributed by atoms with Crippen molar-refractivity contribution in [3.05, 3.63) is 106 Å². The lowest BCUT2D eigenvalue weighted by Crippen LogP contribution is -2.54. The van der Waals surface area contributed by atoms with Gasteiger partial charge in [0.2, 0.25) is 0 Å². The number of halogens is 1. The van der Waals surface area contributed by atoms with Gasteiger partial charge >= 0.3 is 6.03 Å². The van der Waals surface area contributed by atoms with Crippen LogP contribution in [0.3, 0.4) is 0 Å². The summed E-state index contributed by atoms with van der Waals surface area (Å²) in [5, 5.41) is 4.47. The van der Waals surface area contributed by atoms with E-state index in [1.54, 1.807) is 36.4 Å². The van der Waals surface area contributed by atoms with Crippen LogP contribution in [0.25, 0.3) is 16.8 Å². The number of nitrogens with zero attached hydrogens (tertiary/aromatic N) is 1. The van der Waals surface area contributed by atoms with Crippen molar-refractivity contribution in [1.29, 1.82) is 0 Å². The molecule has 4 aromatic rings. The Balaban J connectivity index is 1.44. The van der Waals surface area contributed by atoms with Crippen LogP contribution in [-0.2, 0) is 16.2 Å². The molecule has 0 aliphatic carbocycles.